The summed E-state index contributed by atoms with van der Waals surface area (Å²) in [7, 11) is 0. The molecule has 0 saturated carbocycles. The monoisotopic (exact) mass is 256 g/mol. The van der Waals surface area contributed by atoms with Crippen LogP contribution in [0.15, 0.2) is 36.4 Å². The Kier molecular flexibility index (Phi) is 3.80. The fourth-order valence-electron chi connectivity index (χ4n) is 2.03. The molecule has 0 aliphatic carbocycles. The van der Waals surface area contributed by atoms with Crippen molar-refractivity contribution in [2.75, 3.05) is 5.32 Å². The summed E-state index contributed by atoms with van der Waals surface area (Å²) in [6.45, 7) is 4.16. The minimum absolute atomic E-state index is 0.283. The van der Waals surface area contributed by atoms with Crippen LogP contribution in [-0.4, -0.2) is 16.1 Å². The van der Waals surface area contributed by atoms with E-state index in [4.69, 9.17) is 5.11 Å². The van der Waals surface area contributed by atoms with E-state index in [-0.39, 0.29) is 5.56 Å². The highest BCUT2D eigenvalue weighted by molar-refractivity contribution is 5.90. The number of nitrogens with zero attached hydrogens (tertiary/aromatic N) is 1. The van der Waals surface area contributed by atoms with Crippen LogP contribution in [0.3, 0.4) is 0 Å². The summed E-state index contributed by atoms with van der Waals surface area (Å²) in [6, 6.07) is 11.7. The maximum Gasteiger partial charge on any atom is 0.337 e. The lowest BCUT2D eigenvalue weighted by Crippen LogP contribution is -2.08. The highest BCUT2D eigenvalue weighted by Gasteiger charge is 2.13. The van der Waals surface area contributed by atoms with E-state index in [9.17, 15) is 4.79 Å². The van der Waals surface area contributed by atoms with Crippen LogP contribution >= 0.6 is 0 Å². The van der Waals surface area contributed by atoms with Gasteiger partial charge in [0, 0.05) is 6.54 Å². The molecule has 0 aliphatic heterocycles. The van der Waals surface area contributed by atoms with Crippen molar-refractivity contribution in [3.63, 3.8) is 0 Å². The van der Waals surface area contributed by atoms with Gasteiger partial charge in [0.1, 0.15) is 5.82 Å². The van der Waals surface area contributed by atoms with Crippen molar-refractivity contribution in [1.29, 1.82) is 0 Å². The number of carboxylic acids is 1. The van der Waals surface area contributed by atoms with E-state index in [0.29, 0.717) is 18.1 Å². The van der Waals surface area contributed by atoms with Gasteiger partial charge in [-0.15, -0.1) is 0 Å². The van der Waals surface area contributed by atoms with E-state index in [1.54, 1.807) is 19.9 Å². The van der Waals surface area contributed by atoms with Gasteiger partial charge in [0.25, 0.3) is 0 Å². The lowest BCUT2D eigenvalue weighted by atomic mass is 10.1. The van der Waals surface area contributed by atoms with Crippen molar-refractivity contribution >= 4 is 11.8 Å². The Bertz CT molecular complexity index is 571. The van der Waals surface area contributed by atoms with E-state index < -0.39 is 5.97 Å². The summed E-state index contributed by atoms with van der Waals surface area (Å²) in [5.74, 6) is -0.235. The minimum Gasteiger partial charge on any atom is -0.478 e. The molecule has 0 atom stereocenters. The van der Waals surface area contributed by atoms with Gasteiger partial charge in [-0.1, -0.05) is 30.3 Å². The van der Waals surface area contributed by atoms with Crippen molar-refractivity contribution in [1.82, 2.24) is 4.98 Å². The molecule has 0 spiro atoms. The average Bonchev–Trinajstić information content (AvgIpc) is 2.36. The topological polar surface area (TPSA) is 62.2 Å². The molecule has 0 unspecified atom stereocenters. The fourth-order valence-corrected chi connectivity index (χ4v) is 2.03. The van der Waals surface area contributed by atoms with Gasteiger partial charge in [0.05, 0.1) is 11.3 Å². The Labute approximate surface area is 112 Å². The number of carbonyl (C=O) groups is 1. The molecule has 0 fully saturated rings. The lowest BCUT2D eigenvalue weighted by molar-refractivity contribution is 0.0695. The quantitative estimate of drug-likeness (QED) is 0.882. The minimum atomic E-state index is -0.933. The zero-order valence-corrected chi connectivity index (χ0v) is 11.0. The van der Waals surface area contributed by atoms with Gasteiger partial charge in [-0.05, 0) is 31.0 Å². The summed E-state index contributed by atoms with van der Waals surface area (Å²) in [4.78, 5) is 15.4. The first-order valence-electron chi connectivity index (χ1n) is 6.07. The molecule has 4 heteroatoms. The number of anilines is 1. The molecule has 1 heterocycles. The molecule has 0 saturated heterocycles. The normalized spacial score (nSPS) is 10.2. The first kappa shape index (κ1) is 13.1. The molecular weight excluding hydrogens is 240 g/mol. The standard InChI is InChI=1S/C15H16N2O2/c1-10-8-13(17-11(2)14(10)15(18)19)16-9-12-6-4-3-5-7-12/h3-8H,9H2,1-2H3,(H,16,17)(H,18,19). The molecule has 0 aliphatic rings. The first-order valence-corrected chi connectivity index (χ1v) is 6.07. The number of carboxylic acid groups (broad SMARTS) is 1. The third-order valence-corrected chi connectivity index (χ3v) is 2.93. The predicted octanol–water partition coefficient (Wildman–Crippen LogP) is 3.01. The van der Waals surface area contributed by atoms with Crippen molar-refractivity contribution < 1.29 is 9.90 Å². The van der Waals surface area contributed by atoms with Gasteiger partial charge in [0.2, 0.25) is 0 Å². The second kappa shape index (κ2) is 5.52. The third-order valence-electron chi connectivity index (χ3n) is 2.93. The molecule has 2 aromatic rings. The van der Waals surface area contributed by atoms with Crippen LogP contribution < -0.4 is 5.32 Å². The second-order valence-corrected chi connectivity index (χ2v) is 4.43. The fraction of sp³-hybridized carbons (Fsp3) is 0.200. The molecule has 19 heavy (non-hydrogen) atoms. The molecule has 2 rings (SSSR count). The van der Waals surface area contributed by atoms with Crippen LogP contribution in [-0.2, 0) is 6.54 Å². The highest BCUT2D eigenvalue weighted by Crippen LogP contribution is 2.17. The van der Waals surface area contributed by atoms with Crippen molar-refractivity contribution in [3.8, 4) is 0 Å². The van der Waals surface area contributed by atoms with Crippen molar-refractivity contribution in [2.45, 2.75) is 20.4 Å². The van der Waals surface area contributed by atoms with Gasteiger partial charge in [-0.3, -0.25) is 0 Å². The highest BCUT2D eigenvalue weighted by atomic mass is 16.4. The van der Waals surface area contributed by atoms with Crippen LogP contribution in [0.25, 0.3) is 0 Å². The first-order chi connectivity index (χ1) is 9.08. The van der Waals surface area contributed by atoms with Crippen LogP contribution in [0.4, 0.5) is 5.82 Å². The number of hydrogen-bond acceptors (Lipinski definition) is 3. The van der Waals surface area contributed by atoms with E-state index in [1.165, 1.54) is 0 Å². The van der Waals surface area contributed by atoms with Gasteiger partial charge in [-0.25, -0.2) is 9.78 Å². The maximum absolute atomic E-state index is 11.1. The Morgan fingerprint density at radius 2 is 1.95 bits per heavy atom. The molecule has 4 nitrogen and oxygen atoms in total. The van der Waals surface area contributed by atoms with Gasteiger partial charge in [-0.2, -0.15) is 0 Å². The molecule has 1 aromatic heterocycles. The van der Waals surface area contributed by atoms with Crippen molar-refractivity contribution in [2.24, 2.45) is 0 Å². The molecule has 2 N–H and O–H groups in total. The number of aryl methyl sites for hydroxylation is 2. The van der Waals surface area contributed by atoms with Gasteiger partial charge >= 0.3 is 5.97 Å². The van der Waals surface area contributed by atoms with E-state index >= 15 is 0 Å². The molecule has 1 aromatic carbocycles. The zero-order chi connectivity index (χ0) is 13.8. The second-order valence-electron chi connectivity index (χ2n) is 4.43. The maximum atomic E-state index is 11.1. The summed E-state index contributed by atoms with van der Waals surface area (Å²) < 4.78 is 0. The van der Waals surface area contributed by atoms with Crippen LogP contribution in [0.1, 0.15) is 27.2 Å². The van der Waals surface area contributed by atoms with E-state index in [0.717, 1.165) is 11.1 Å². The Hall–Kier alpha value is -2.36. The average molecular weight is 256 g/mol. The number of nitrogens with one attached hydrogen (secondary N) is 1. The SMILES string of the molecule is Cc1cc(NCc2ccccc2)nc(C)c1C(=O)O. The van der Waals surface area contributed by atoms with Gasteiger partial charge < -0.3 is 10.4 Å². The summed E-state index contributed by atoms with van der Waals surface area (Å²) >= 11 is 0. The number of benzene rings is 1. The predicted molar refractivity (Wildman–Crippen MR) is 74.4 cm³/mol. The Balaban J connectivity index is 2.16. The van der Waals surface area contributed by atoms with Crippen molar-refractivity contribution in [3.05, 3.63) is 58.8 Å². The molecule has 0 amide bonds. The molecule has 0 radical (unpaired) electrons. The summed E-state index contributed by atoms with van der Waals surface area (Å²) in [5, 5.41) is 12.3. The lowest BCUT2D eigenvalue weighted by Gasteiger charge is -2.10. The molecular formula is C15H16N2O2. The van der Waals surface area contributed by atoms with Gasteiger partial charge in [0.15, 0.2) is 0 Å². The Morgan fingerprint density at radius 1 is 1.26 bits per heavy atom. The zero-order valence-electron chi connectivity index (χ0n) is 11.0. The van der Waals surface area contributed by atoms with Crippen LogP contribution in [0, 0.1) is 13.8 Å². The summed E-state index contributed by atoms with van der Waals surface area (Å²) in [5.41, 5.74) is 2.69. The summed E-state index contributed by atoms with van der Waals surface area (Å²) in [6.07, 6.45) is 0. The number of aromatic nitrogens is 1. The van der Waals surface area contributed by atoms with Crippen LogP contribution in [0.2, 0.25) is 0 Å². The molecule has 98 valence electrons. The third kappa shape index (κ3) is 3.10. The number of pyridine rings is 1. The van der Waals surface area contributed by atoms with E-state index in [2.05, 4.69) is 10.3 Å². The largest absolute Gasteiger partial charge is 0.478 e. The number of hydrogen-bond donors (Lipinski definition) is 2. The smallest absolute Gasteiger partial charge is 0.337 e. The van der Waals surface area contributed by atoms with E-state index in [1.807, 2.05) is 30.3 Å². The molecule has 0 bridgehead atoms. The Morgan fingerprint density at radius 3 is 2.53 bits per heavy atom. The van der Waals surface area contributed by atoms with Crippen LogP contribution in [0.5, 0.6) is 0 Å². The number of rotatable bonds is 4. The number of aromatic carboxylic acids is 1.